The van der Waals surface area contributed by atoms with E-state index in [0.717, 1.165) is 25.7 Å². The fourth-order valence-electron chi connectivity index (χ4n) is 4.21. The lowest BCUT2D eigenvalue weighted by atomic mass is 9.64. The second kappa shape index (κ2) is 5.14. The number of ketones is 2. The molecule has 0 bridgehead atoms. The van der Waals surface area contributed by atoms with E-state index in [-0.39, 0.29) is 23.7 Å². The molecule has 2 rings (SSSR count). The zero-order valence-corrected chi connectivity index (χ0v) is 12.1. The standard InChI is InChI=1S/C16H26O2/c1-9-5-13(6-10(2)15(9)17)14-7-11(3)16(18)12(4)8-14/h9-14H,5-8H2,1-4H3. The predicted molar refractivity (Wildman–Crippen MR) is 72.1 cm³/mol. The Bertz CT molecular complexity index is 285. The van der Waals surface area contributed by atoms with Gasteiger partial charge in [-0.2, -0.15) is 0 Å². The third kappa shape index (κ3) is 2.53. The Morgan fingerprint density at radius 2 is 0.833 bits per heavy atom. The van der Waals surface area contributed by atoms with E-state index in [2.05, 4.69) is 27.7 Å². The minimum Gasteiger partial charge on any atom is -0.299 e. The summed E-state index contributed by atoms with van der Waals surface area (Å²) in [5.74, 6) is 3.10. The number of Topliss-reactive ketones (excluding diaryl/α,β-unsaturated/α-hetero) is 2. The van der Waals surface area contributed by atoms with E-state index in [1.807, 2.05) is 0 Å². The molecule has 0 amide bonds. The van der Waals surface area contributed by atoms with E-state index in [4.69, 9.17) is 0 Å². The van der Waals surface area contributed by atoms with Crippen LogP contribution in [0.4, 0.5) is 0 Å². The number of hydrogen-bond acceptors (Lipinski definition) is 2. The van der Waals surface area contributed by atoms with Crippen molar-refractivity contribution in [2.75, 3.05) is 0 Å². The highest BCUT2D eigenvalue weighted by atomic mass is 16.1. The second-order valence-electron chi connectivity index (χ2n) is 6.87. The fraction of sp³-hybridized carbons (Fsp3) is 0.875. The Hall–Kier alpha value is -0.660. The van der Waals surface area contributed by atoms with Gasteiger partial charge in [-0.15, -0.1) is 0 Å². The number of rotatable bonds is 1. The molecule has 2 saturated carbocycles. The first kappa shape index (κ1) is 13.8. The number of carbonyl (C=O) groups is 2. The van der Waals surface area contributed by atoms with Gasteiger partial charge in [0.1, 0.15) is 11.6 Å². The van der Waals surface area contributed by atoms with Crippen LogP contribution in [0.25, 0.3) is 0 Å². The largest absolute Gasteiger partial charge is 0.299 e. The minimum absolute atomic E-state index is 0.224. The smallest absolute Gasteiger partial charge is 0.138 e. The van der Waals surface area contributed by atoms with Gasteiger partial charge in [-0.1, -0.05) is 27.7 Å². The molecule has 4 atom stereocenters. The molecule has 0 aliphatic heterocycles. The Kier molecular flexibility index (Phi) is 3.93. The third-order valence-corrected chi connectivity index (χ3v) is 5.23. The van der Waals surface area contributed by atoms with Crippen LogP contribution < -0.4 is 0 Å². The van der Waals surface area contributed by atoms with E-state index >= 15 is 0 Å². The summed E-state index contributed by atoms with van der Waals surface area (Å²) in [7, 11) is 0. The maximum atomic E-state index is 11.9. The molecule has 2 heteroatoms. The quantitative estimate of drug-likeness (QED) is 0.714. The lowest BCUT2D eigenvalue weighted by molar-refractivity contribution is -0.133. The summed E-state index contributed by atoms with van der Waals surface area (Å²) >= 11 is 0. The van der Waals surface area contributed by atoms with Gasteiger partial charge in [-0.05, 0) is 37.5 Å². The van der Waals surface area contributed by atoms with Crippen molar-refractivity contribution in [3.63, 3.8) is 0 Å². The van der Waals surface area contributed by atoms with Gasteiger partial charge in [0.15, 0.2) is 0 Å². The van der Waals surface area contributed by atoms with Crippen LogP contribution in [0.1, 0.15) is 53.4 Å². The maximum Gasteiger partial charge on any atom is 0.138 e. The maximum absolute atomic E-state index is 11.9. The molecule has 2 aliphatic rings. The van der Waals surface area contributed by atoms with Gasteiger partial charge in [-0.25, -0.2) is 0 Å². The molecule has 0 radical (unpaired) electrons. The summed E-state index contributed by atoms with van der Waals surface area (Å²) in [6, 6.07) is 0. The van der Waals surface area contributed by atoms with E-state index in [0.29, 0.717) is 23.4 Å². The SMILES string of the molecule is CC1CC(C2CC(C)C(=O)C(C)C2)CC(C)C1=O. The highest BCUT2D eigenvalue weighted by Crippen LogP contribution is 2.42. The van der Waals surface area contributed by atoms with E-state index in [1.165, 1.54) is 0 Å². The molecule has 4 unspecified atom stereocenters. The summed E-state index contributed by atoms with van der Waals surface area (Å²) in [5.41, 5.74) is 0. The van der Waals surface area contributed by atoms with Crippen molar-refractivity contribution >= 4 is 11.6 Å². The molecule has 0 heterocycles. The summed E-state index contributed by atoms with van der Waals surface area (Å²) in [4.78, 5) is 23.8. The Morgan fingerprint density at radius 3 is 1.06 bits per heavy atom. The molecule has 0 saturated heterocycles. The topological polar surface area (TPSA) is 34.1 Å². The van der Waals surface area contributed by atoms with E-state index < -0.39 is 0 Å². The number of carbonyl (C=O) groups excluding carboxylic acids is 2. The van der Waals surface area contributed by atoms with Crippen molar-refractivity contribution < 1.29 is 9.59 Å². The molecule has 0 spiro atoms. The van der Waals surface area contributed by atoms with Crippen LogP contribution in [0.2, 0.25) is 0 Å². The Labute approximate surface area is 111 Å². The van der Waals surface area contributed by atoms with E-state index in [1.54, 1.807) is 0 Å². The molecular formula is C16H26O2. The van der Waals surface area contributed by atoms with Crippen LogP contribution in [0, 0.1) is 35.5 Å². The van der Waals surface area contributed by atoms with Crippen LogP contribution in [-0.4, -0.2) is 11.6 Å². The van der Waals surface area contributed by atoms with Crippen molar-refractivity contribution in [2.45, 2.75) is 53.4 Å². The molecule has 2 aliphatic carbocycles. The summed E-state index contributed by atoms with van der Waals surface area (Å²) in [5, 5.41) is 0. The van der Waals surface area contributed by atoms with Crippen LogP contribution in [0.15, 0.2) is 0 Å². The highest BCUT2D eigenvalue weighted by Gasteiger charge is 2.39. The molecule has 0 aromatic rings. The average molecular weight is 250 g/mol. The second-order valence-corrected chi connectivity index (χ2v) is 6.87. The Morgan fingerprint density at radius 1 is 0.611 bits per heavy atom. The summed E-state index contributed by atoms with van der Waals surface area (Å²) < 4.78 is 0. The molecular weight excluding hydrogens is 224 g/mol. The molecule has 2 fully saturated rings. The summed E-state index contributed by atoms with van der Waals surface area (Å²) in [6.45, 7) is 8.30. The van der Waals surface area contributed by atoms with Gasteiger partial charge < -0.3 is 0 Å². The summed E-state index contributed by atoms with van der Waals surface area (Å²) in [6.07, 6.45) is 4.17. The van der Waals surface area contributed by atoms with Crippen LogP contribution >= 0.6 is 0 Å². The fourth-order valence-corrected chi connectivity index (χ4v) is 4.21. The monoisotopic (exact) mass is 250 g/mol. The lowest BCUT2D eigenvalue weighted by Crippen LogP contribution is -2.38. The van der Waals surface area contributed by atoms with Gasteiger partial charge in [0.2, 0.25) is 0 Å². The predicted octanol–water partition coefficient (Wildman–Crippen LogP) is 3.49. The zero-order chi connectivity index (χ0) is 13.4. The molecule has 0 aromatic heterocycles. The molecule has 0 aromatic carbocycles. The number of hydrogen-bond donors (Lipinski definition) is 0. The van der Waals surface area contributed by atoms with Crippen molar-refractivity contribution in [1.29, 1.82) is 0 Å². The third-order valence-electron chi connectivity index (χ3n) is 5.23. The first-order valence-corrected chi connectivity index (χ1v) is 7.47. The normalized spacial score (nSPS) is 46.2. The minimum atomic E-state index is 0.224. The van der Waals surface area contributed by atoms with Crippen molar-refractivity contribution in [2.24, 2.45) is 35.5 Å². The first-order chi connectivity index (χ1) is 8.40. The molecule has 0 N–H and O–H groups in total. The van der Waals surface area contributed by atoms with Crippen LogP contribution in [0.3, 0.4) is 0 Å². The van der Waals surface area contributed by atoms with Crippen molar-refractivity contribution in [1.82, 2.24) is 0 Å². The first-order valence-electron chi connectivity index (χ1n) is 7.47. The van der Waals surface area contributed by atoms with Gasteiger partial charge >= 0.3 is 0 Å². The van der Waals surface area contributed by atoms with Crippen LogP contribution in [0.5, 0.6) is 0 Å². The average Bonchev–Trinajstić information content (AvgIpc) is 2.31. The molecule has 2 nitrogen and oxygen atoms in total. The molecule has 18 heavy (non-hydrogen) atoms. The van der Waals surface area contributed by atoms with Crippen LogP contribution in [-0.2, 0) is 9.59 Å². The van der Waals surface area contributed by atoms with Gasteiger partial charge in [0.25, 0.3) is 0 Å². The Balaban J connectivity index is 2.04. The molecule has 102 valence electrons. The van der Waals surface area contributed by atoms with Gasteiger partial charge in [-0.3, -0.25) is 9.59 Å². The van der Waals surface area contributed by atoms with E-state index in [9.17, 15) is 9.59 Å². The van der Waals surface area contributed by atoms with Gasteiger partial charge in [0.05, 0.1) is 0 Å². The highest BCUT2D eigenvalue weighted by molar-refractivity contribution is 5.84. The van der Waals surface area contributed by atoms with Gasteiger partial charge in [0, 0.05) is 23.7 Å². The zero-order valence-electron chi connectivity index (χ0n) is 12.1. The lowest BCUT2D eigenvalue weighted by Gasteiger charge is -2.40. The van der Waals surface area contributed by atoms with Crippen molar-refractivity contribution in [3.05, 3.63) is 0 Å². The van der Waals surface area contributed by atoms with Crippen molar-refractivity contribution in [3.8, 4) is 0 Å².